The van der Waals surface area contributed by atoms with E-state index in [1.54, 1.807) is 0 Å². The molecule has 128 valence electrons. The lowest BCUT2D eigenvalue weighted by Crippen LogP contribution is -2.30. The van der Waals surface area contributed by atoms with Crippen LogP contribution in [-0.4, -0.2) is 24.3 Å². The molecule has 2 aromatic rings. The fourth-order valence-electron chi connectivity index (χ4n) is 2.27. The van der Waals surface area contributed by atoms with Gasteiger partial charge < -0.3 is 20.5 Å². The average molecular weight is 328 g/mol. The maximum atomic E-state index is 11.9. The molecule has 0 bridgehead atoms. The van der Waals surface area contributed by atoms with Crippen molar-refractivity contribution in [3.8, 4) is 0 Å². The molecule has 3 N–H and O–H groups in total. The predicted molar refractivity (Wildman–Crippen MR) is 94.9 cm³/mol. The van der Waals surface area contributed by atoms with Crippen LogP contribution in [0.2, 0.25) is 0 Å². The number of ether oxygens (including phenoxy) is 1. The summed E-state index contributed by atoms with van der Waals surface area (Å²) in [5.41, 5.74) is 3.78. The molecule has 0 aromatic heterocycles. The van der Waals surface area contributed by atoms with Crippen LogP contribution in [0.15, 0.2) is 48.5 Å². The predicted octanol–water partition coefficient (Wildman–Crippen LogP) is 3.08. The largest absolute Gasteiger partial charge is 0.392 e. The van der Waals surface area contributed by atoms with Crippen LogP contribution in [0.1, 0.15) is 23.6 Å². The van der Waals surface area contributed by atoms with Crippen molar-refractivity contribution in [1.29, 1.82) is 0 Å². The lowest BCUT2D eigenvalue weighted by Gasteiger charge is -2.09. The Balaban J connectivity index is 1.76. The van der Waals surface area contributed by atoms with Crippen LogP contribution in [0, 0.1) is 0 Å². The second-order valence-electron chi connectivity index (χ2n) is 5.44. The van der Waals surface area contributed by atoms with Crippen molar-refractivity contribution in [2.75, 3.05) is 18.5 Å². The summed E-state index contributed by atoms with van der Waals surface area (Å²) in [6, 6.07) is 15.1. The minimum atomic E-state index is -0.226. The van der Waals surface area contributed by atoms with Gasteiger partial charge in [-0.2, -0.15) is 0 Å². The van der Waals surface area contributed by atoms with Gasteiger partial charge in [0.2, 0.25) is 0 Å². The van der Waals surface area contributed by atoms with E-state index in [1.165, 1.54) is 0 Å². The van der Waals surface area contributed by atoms with Crippen molar-refractivity contribution in [2.45, 2.75) is 26.6 Å². The number of carbonyl (C=O) groups is 1. The quantitative estimate of drug-likeness (QED) is 0.697. The van der Waals surface area contributed by atoms with Gasteiger partial charge in [-0.15, -0.1) is 0 Å². The first-order valence-electron chi connectivity index (χ1n) is 8.11. The van der Waals surface area contributed by atoms with Crippen LogP contribution in [0.25, 0.3) is 0 Å². The SMILES string of the molecule is CCOCc1cccc(NC(=O)NCCc2ccc(CO)cc2)c1. The van der Waals surface area contributed by atoms with Gasteiger partial charge in [0.1, 0.15) is 0 Å². The van der Waals surface area contributed by atoms with Gasteiger partial charge in [0, 0.05) is 18.8 Å². The summed E-state index contributed by atoms with van der Waals surface area (Å²) >= 11 is 0. The number of hydrogen-bond acceptors (Lipinski definition) is 3. The Morgan fingerprint density at radius 2 is 1.83 bits per heavy atom. The molecule has 0 atom stereocenters. The highest BCUT2D eigenvalue weighted by atomic mass is 16.5. The number of urea groups is 1. The minimum Gasteiger partial charge on any atom is -0.392 e. The highest BCUT2D eigenvalue weighted by Crippen LogP contribution is 2.11. The fraction of sp³-hybridized carbons (Fsp3) is 0.316. The number of aliphatic hydroxyl groups is 1. The molecule has 0 aliphatic rings. The maximum Gasteiger partial charge on any atom is 0.319 e. The molecule has 0 aliphatic heterocycles. The monoisotopic (exact) mass is 328 g/mol. The van der Waals surface area contributed by atoms with Crippen molar-refractivity contribution in [3.05, 3.63) is 65.2 Å². The molecule has 0 radical (unpaired) electrons. The molecule has 0 saturated carbocycles. The van der Waals surface area contributed by atoms with E-state index < -0.39 is 0 Å². The summed E-state index contributed by atoms with van der Waals surface area (Å²) in [6.07, 6.45) is 0.740. The van der Waals surface area contributed by atoms with Gasteiger partial charge in [-0.05, 0) is 42.2 Å². The molecule has 2 rings (SSSR count). The highest BCUT2D eigenvalue weighted by Gasteiger charge is 2.03. The molecule has 0 heterocycles. The van der Waals surface area contributed by atoms with Gasteiger partial charge in [-0.25, -0.2) is 4.79 Å². The second kappa shape index (κ2) is 9.70. The van der Waals surface area contributed by atoms with Crippen LogP contribution >= 0.6 is 0 Å². The Hall–Kier alpha value is -2.37. The van der Waals surface area contributed by atoms with Gasteiger partial charge >= 0.3 is 6.03 Å². The van der Waals surface area contributed by atoms with E-state index in [0.29, 0.717) is 19.8 Å². The molecule has 2 amide bonds. The van der Waals surface area contributed by atoms with Gasteiger partial charge in [0.15, 0.2) is 0 Å². The number of nitrogens with one attached hydrogen (secondary N) is 2. The van der Waals surface area contributed by atoms with Crippen LogP contribution in [0.3, 0.4) is 0 Å². The zero-order chi connectivity index (χ0) is 17.2. The topological polar surface area (TPSA) is 70.6 Å². The van der Waals surface area contributed by atoms with E-state index in [9.17, 15) is 4.79 Å². The van der Waals surface area contributed by atoms with E-state index in [2.05, 4.69) is 10.6 Å². The smallest absolute Gasteiger partial charge is 0.319 e. The normalized spacial score (nSPS) is 10.4. The Morgan fingerprint density at radius 1 is 1.08 bits per heavy atom. The van der Waals surface area contributed by atoms with Crippen molar-refractivity contribution >= 4 is 11.7 Å². The Bertz CT molecular complexity index is 641. The number of amides is 2. The van der Waals surface area contributed by atoms with E-state index >= 15 is 0 Å². The lowest BCUT2D eigenvalue weighted by atomic mass is 10.1. The molecule has 2 aromatic carbocycles. The summed E-state index contributed by atoms with van der Waals surface area (Å²) in [5.74, 6) is 0. The molecular weight excluding hydrogens is 304 g/mol. The van der Waals surface area contributed by atoms with Crippen LogP contribution < -0.4 is 10.6 Å². The molecule has 5 nitrogen and oxygen atoms in total. The molecule has 0 saturated heterocycles. The zero-order valence-electron chi connectivity index (χ0n) is 13.9. The number of benzene rings is 2. The van der Waals surface area contributed by atoms with Crippen LogP contribution in [0.5, 0.6) is 0 Å². The summed E-state index contributed by atoms with van der Waals surface area (Å²) in [6.45, 7) is 3.74. The Labute approximate surface area is 142 Å². The van der Waals surface area contributed by atoms with E-state index in [1.807, 2.05) is 55.5 Å². The molecule has 24 heavy (non-hydrogen) atoms. The summed E-state index contributed by atoms with van der Waals surface area (Å²) in [7, 11) is 0. The van der Waals surface area contributed by atoms with Crippen LogP contribution in [-0.2, 0) is 24.4 Å². The first-order valence-corrected chi connectivity index (χ1v) is 8.11. The first kappa shape index (κ1) is 18.0. The average Bonchev–Trinajstić information content (AvgIpc) is 2.61. The number of hydrogen-bond donors (Lipinski definition) is 3. The Kier molecular flexibility index (Phi) is 7.26. The molecule has 0 spiro atoms. The number of carbonyl (C=O) groups excluding carboxylic acids is 1. The molecule has 5 heteroatoms. The van der Waals surface area contributed by atoms with Crippen molar-refractivity contribution in [2.24, 2.45) is 0 Å². The van der Waals surface area contributed by atoms with Gasteiger partial charge in [-0.3, -0.25) is 0 Å². The standard InChI is InChI=1S/C19H24N2O3/c1-2-24-14-17-4-3-5-18(12-17)21-19(23)20-11-10-15-6-8-16(13-22)9-7-15/h3-9,12,22H,2,10-11,13-14H2,1H3,(H2,20,21,23). The fourth-order valence-corrected chi connectivity index (χ4v) is 2.27. The van der Waals surface area contributed by atoms with Gasteiger partial charge in [0.05, 0.1) is 13.2 Å². The summed E-state index contributed by atoms with van der Waals surface area (Å²) < 4.78 is 5.37. The van der Waals surface area contributed by atoms with Gasteiger partial charge in [-0.1, -0.05) is 36.4 Å². The zero-order valence-corrected chi connectivity index (χ0v) is 13.9. The molecule has 0 fully saturated rings. The first-order chi connectivity index (χ1) is 11.7. The molecular formula is C19H24N2O3. The third-order valence-electron chi connectivity index (χ3n) is 3.56. The van der Waals surface area contributed by atoms with E-state index in [4.69, 9.17) is 9.84 Å². The molecule has 0 aliphatic carbocycles. The summed E-state index contributed by atoms with van der Waals surface area (Å²) in [5, 5.41) is 14.7. The number of rotatable bonds is 8. The number of anilines is 1. The van der Waals surface area contributed by atoms with Crippen molar-refractivity contribution < 1.29 is 14.6 Å². The van der Waals surface area contributed by atoms with Crippen LogP contribution in [0.4, 0.5) is 10.5 Å². The van der Waals surface area contributed by atoms with E-state index in [0.717, 1.165) is 28.8 Å². The van der Waals surface area contributed by atoms with Crippen molar-refractivity contribution in [3.63, 3.8) is 0 Å². The second-order valence-corrected chi connectivity index (χ2v) is 5.44. The maximum absolute atomic E-state index is 11.9. The highest BCUT2D eigenvalue weighted by molar-refractivity contribution is 5.89. The lowest BCUT2D eigenvalue weighted by molar-refractivity contribution is 0.134. The van der Waals surface area contributed by atoms with Gasteiger partial charge in [0.25, 0.3) is 0 Å². The summed E-state index contributed by atoms with van der Waals surface area (Å²) in [4.78, 5) is 11.9. The molecule has 0 unspecified atom stereocenters. The third-order valence-corrected chi connectivity index (χ3v) is 3.56. The van der Waals surface area contributed by atoms with Crippen molar-refractivity contribution in [1.82, 2.24) is 5.32 Å². The third kappa shape index (κ3) is 6.02. The van der Waals surface area contributed by atoms with E-state index in [-0.39, 0.29) is 12.6 Å². The number of aliphatic hydroxyl groups excluding tert-OH is 1. The minimum absolute atomic E-state index is 0.0449. The Morgan fingerprint density at radius 3 is 2.54 bits per heavy atom.